The van der Waals surface area contributed by atoms with Crippen LogP contribution in [0.5, 0.6) is 0 Å². The van der Waals surface area contributed by atoms with E-state index in [4.69, 9.17) is 16.6 Å². The van der Waals surface area contributed by atoms with Crippen LogP contribution in [0.4, 0.5) is 5.69 Å². The van der Waals surface area contributed by atoms with E-state index >= 15 is 0 Å². The van der Waals surface area contributed by atoms with Crippen molar-refractivity contribution >= 4 is 28.3 Å². The predicted molar refractivity (Wildman–Crippen MR) is 62.2 cm³/mol. The third kappa shape index (κ3) is 2.32. The number of aliphatic hydroxyl groups excluding tert-OH is 1. The molecular weight excluding hydrogens is 279 g/mol. The minimum Gasteiger partial charge on any atom is -0.398 e. The highest BCUT2D eigenvalue weighted by Gasteiger charge is 2.22. The molecule has 0 aliphatic heterocycles. The first-order chi connectivity index (χ1) is 5.97. The number of nitrogen functional groups attached to an aromatic ring is 1. The normalized spacial score (nSPS) is 15.4. The Morgan fingerprint density at radius 1 is 1.54 bits per heavy atom. The van der Waals surface area contributed by atoms with Crippen molar-refractivity contribution in [3.8, 4) is 0 Å². The quantitative estimate of drug-likeness (QED) is 0.563. The van der Waals surface area contributed by atoms with Gasteiger partial charge in [-0.3, -0.25) is 0 Å². The highest BCUT2D eigenvalue weighted by atomic mass is 127. The molecule has 0 fully saturated rings. The molecule has 0 saturated carbocycles. The molecule has 1 atom stereocenters. The highest BCUT2D eigenvalue weighted by Crippen LogP contribution is 2.25. The van der Waals surface area contributed by atoms with E-state index < -0.39 is 5.54 Å². The van der Waals surface area contributed by atoms with E-state index in [1.165, 1.54) is 0 Å². The largest absolute Gasteiger partial charge is 0.398 e. The molecule has 0 aliphatic rings. The average Bonchev–Trinajstić information content (AvgIpc) is 2.09. The fourth-order valence-corrected chi connectivity index (χ4v) is 1.60. The Morgan fingerprint density at radius 3 is 2.69 bits per heavy atom. The van der Waals surface area contributed by atoms with Gasteiger partial charge in [-0.05, 0) is 53.3 Å². The van der Waals surface area contributed by atoms with Crippen molar-refractivity contribution in [2.24, 2.45) is 5.73 Å². The first kappa shape index (κ1) is 10.7. The molecule has 0 aliphatic carbocycles. The molecule has 0 unspecified atom stereocenters. The number of hydrogen-bond donors (Lipinski definition) is 3. The molecule has 13 heavy (non-hydrogen) atoms. The van der Waals surface area contributed by atoms with Gasteiger partial charge >= 0.3 is 0 Å². The molecule has 0 amide bonds. The summed E-state index contributed by atoms with van der Waals surface area (Å²) in [6.45, 7) is 1.64. The van der Waals surface area contributed by atoms with Gasteiger partial charge in [0.2, 0.25) is 0 Å². The number of anilines is 1. The van der Waals surface area contributed by atoms with Crippen molar-refractivity contribution in [3.05, 3.63) is 27.3 Å². The summed E-state index contributed by atoms with van der Waals surface area (Å²) in [4.78, 5) is 0. The third-order valence-electron chi connectivity index (χ3n) is 1.96. The van der Waals surface area contributed by atoms with E-state index in [1.54, 1.807) is 13.0 Å². The zero-order chi connectivity index (χ0) is 10.1. The van der Waals surface area contributed by atoms with Crippen molar-refractivity contribution in [3.63, 3.8) is 0 Å². The molecule has 0 aromatic heterocycles. The zero-order valence-electron chi connectivity index (χ0n) is 7.42. The third-order valence-corrected chi connectivity index (χ3v) is 2.63. The summed E-state index contributed by atoms with van der Waals surface area (Å²) in [5, 5.41) is 9.08. The Bertz CT molecular complexity index is 312. The highest BCUT2D eigenvalue weighted by molar-refractivity contribution is 14.1. The maximum atomic E-state index is 9.08. The summed E-state index contributed by atoms with van der Waals surface area (Å²) in [7, 11) is 0. The summed E-state index contributed by atoms with van der Waals surface area (Å²) in [5.74, 6) is 0. The lowest BCUT2D eigenvalue weighted by molar-refractivity contribution is 0.210. The lowest BCUT2D eigenvalue weighted by atomic mass is 9.93. The van der Waals surface area contributed by atoms with Crippen LogP contribution in [0.15, 0.2) is 18.2 Å². The van der Waals surface area contributed by atoms with Gasteiger partial charge < -0.3 is 16.6 Å². The van der Waals surface area contributed by atoms with Crippen LogP contribution in [0, 0.1) is 3.57 Å². The molecule has 0 bridgehead atoms. The van der Waals surface area contributed by atoms with E-state index in [2.05, 4.69) is 22.6 Å². The lowest BCUT2D eigenvalue weighted by Crippen LogP contribution is -2.37. The second-order valence-corrected chi connectivity index (χ2v) is 4.55. The second-order valence-electron chi connectivity index (χ2n) is 3.31. The molecule has 0 heterocycles. The van der Waals surface area contributed by atoms with E-state index in [1.807, 2.05) is 12.1 Å². The van der Waals surface area contributed by atoms with Crippen LogP contribution in [0.1, 0.15) is 12.5 Å². The molecule has 0 spiro atoms. The molecule has 4 heteroatoms. The topological polar surface area (TPSA) is 72.3 Å². The van der Waals surface area contributed by atoms with Gasteiger partial charge in [0, 0.05) is 9.26 Å². The first-order valence-corrected chi connectivity index (χ1v) is 5.00. The van der Waals surface area contributed by atoms with Gasteiger partial charge in [-0.25, -0.2) is 0 Å². The zero-order valence-corrected chi connectivity index (χ0v) is 9.58. The second kappa shape index (κ2) is 3.81. The molecule has 3 nitrogen and oxygen atoms in total. The van der Waals surface area contributed by atoms with Crippen LogP contribution in [0.3, 0.4) is 0 Å². The minimum absolute atomic E-state index is 0.114. The summed E-state index contributed by atoms with van der Waals surface area (Å²) >= 11 is 2.19. The van der Waals surface area contributed by atoms with Gasteiger partial charge in [-0.2, -0.15) is 0 Å². The molecule has 5 N–H and O–H groups in total. The van der Waals surface area contributed by atoms with Gasteiger partial charge in [0.25, 0.3) is 0 Å². The molecule has 0 radical (unpaired) electrons. The Morgan fingerprint density at radius 2 is 2.15 bits per heavy atom. The van der Waals surface area contributed by atoms with Crippen molar-refractivity contribution < 1.29 is 5.11 Å². The molecular formula is C9H13IN2O. The van der Waals surface area contributed by atoms with Crippen LogP contribution in [-0.4, -0.2) is 11.7 Å². The van der Waals surface area contributed by atoms with Gasteiger partial charge in [0.1, 0.15) is 0 Å². The van der Waals surface area contributed by atoms with Gasteiger partial charge in [0.15, 0.2) is 0 Å². The van der Waals surface area contributed by atoms with Crippen molar-refractivity contribution in [1.29, 1.82) is 0 Å². The Kier molecular flexibility index (Phi) is 3.15. The molecule has 1 aromatic carbocycles. The number of aliphatic hydroxyl groups is 1. The van der Waals surface area contributed by atoms with Gasteiger partial charge in [0.05, 0.1) is 12.1 Å². The maximum Gasteiger partial charge on any atom is 0.0651 e. The van der Waals surface area contributed by atoms with E-state index in [9.17, 15) is 0 Å². The van der Waals surface area contributed by atoms with E-state index in [0.29, 0.717) is 5.69 Å². The fraction of sp³-hybridized carbons (Fsp3) is 0.333. The Balaban J connectivity index is 3.20. The van der Waals surface area contributed by atoms with Crippen LogP contribution in [0.2, 0.25) is 0 Å². The van der Waals surface area contributed by atoms with Crippen molar-refractivity contribution in [2.75, 3.05) is 12.3 Å². The maximum absolute atomic E-state index is 9.08. The van der Waals surface area contributed by atoms with Gasteiger partial charge in [-0.1, -0.05) is 0 Å². The Hall–Kier alpha value is -0.330. The van der Waals surface area contributed by atoms with Gasteiger partial charge in [-0.15, -0.1) is 0 Å². The minimum atomic E-state index is -0.759. The van der Waals surface area contributed by atoms with Crippen molar-refractivity contribution in [1.82, 2.24) is 0 Å². The van der Waals surface area contributed by atoms with Crippen molar-refractivity contribution in [2.45, 2.75) is 12.5 Å². The average molecular weight is 292 g/mol. The predicted octanol–water partition coefficient (Wildman–Crippen LogP) is 1.04. The van der Waals surface area contributed by atoms with Crippen LogP contribution in [0.25, 0.3) is 0 Å². The number of hydrogen-bond acceptors (Lipinski definition) is 3. The molecule has 72 valence electrons. The monoisotopic (exact) mass is 292 g/mol. The SMILES string of the molecule is C[C@](N)(CO)c1cc(I)ccc1N. The summed E-state index contributed by atoms with van der Waals surface area (Å²) in [5.41, 5.74) is 12.3. The summed E-state index contributed by atoms with van der Waals surface area (Å²) in [6.07, 6.45) is 0. The number of halogens is 1. The molecule has 0 saturated heterocycles. The summed E-state index contributed by atoms with van der Waals surface area (Å²) < 4.78 is 1.06. The van der Waals surface area contributed by atoms with Crippen LogP contribution < -0.4 is 11.5 Å². The molecule has 1 aromatic rings. The summed E-state index contributed by atoms with van der Waals surface area (Å²) in [6, 6.07) is 5.61. The standard InChI is InChI=1S/C9H13IN2O/c1-9(12,5-13)7-4-6(10)2-3-8(7)11/h2-4,13H,5,11-12H2,1H3/t9-/m0/s1. The smallest absolute Gasteiger partial charge is 0.0651 e. The van der Waals surface area contributed by atoms with Crippen LogP contribution in [-0.2, 0) is 5.54 Å². The first-order valence-electron chi connectivity index (χ1n) is 3.92. The van der Waals surface area contributed by atoms with E-state index in [-0.39, 0.29) is 6.61 Å². The number of benzene rings is 1. The fourth-order valence-electron chi connectivity index (χ4n) is 1.11. The number of rotatable bonds is 2. The van der Waals surface area contributed by atoms with E-state index in [0.717, 1.165) is 9.13 Å². The molecule has 1 rings (SSSR count). The van der Waals surface area contributed by atoms with Crippen LogP contribution >= 0.6 is 22.6 Å². The number of nitrogens with two attached hydrogens (primary N) is 2. The lowest BCUT2D eigenvalue weighted by Gasteiger charge is -2.24. The Labute approximate surface area is 91.3 Å².